The Balaban J connectivity index is 3.93. The fourth-order valence-electron chi connectivity index (χ4n) is 6.71. The predicted molar refractivity (Wildman–Crippen MR) is 248 cm³/mol. The van der Waals surface area contributed by atoms with Gasteiger partial charge in [0.1, 0.15) is 6.61 Å². The zero-order chi connectivity index (χ0) is 43.2. The van der Waals surface area contributed by atoms with E-state index in [0.29, 0.717) is 12.8 Å². The minimum absolute atomic E-state index is 0.0882. The van der Waals surface area contributed by atoms with Gasteiger partial charge in [0.05, 0.1) is 6.61 Å². The highest BCUT2D eigenvalue weighted by atomic mass is 31.2. The van der Waals surface area contributed by atoms with E-state index in [-0.39, 0.29) is 19.4 Å². The molecule has 0 rings (SSSR count). The summed E-state index contributed by atoms with van der Waals surface area (Å²) in [6.07, 6.45) is 58.2. The second-order valence-electron chi connectivity index (χ2n) is 16.1. The maximum Gasteiger partial charge on any atom is 0.469 e. The zero-order valence-corrected chi connectivity index (χ0v) is 38.8. The molecule has 0 spiro atoms. The number of phosphoric acid groups is 1. The highest BCUT2D eigenvalue weighted by Gasteiger charge is 2.22. The molecule has 0 unspecified atom stereocenters. The van der Waals surface area contributed by atoms with E-state index >= 15 is 0 Å². The van der Waals surface area contributed by atoms with Crippen LogP contribution in [-0.4, -0.2) is 41.0 Å². The van der Waals surface area contributed by atoms with Gasteiger partial charge in [0, 0.05) is 12.8 Å². The second kappa shape index (κ2) is 45.3. The molecule has 0 aromatic heterocycles. The first-order chi connectivity index (χ1) is 28.8. The number of rotatable bonds is 44. The Morgan fingerprint density at radius 3 is 1.20 bits per heavy atom. The summed E-state index contributed by atoms with van der Waals surface area (Å²) in [7, 11) is -4.78. The van der Waals surface area contributed by atoms with Crippen LogP contribution in [0.15, 0.2) is 60.8 Å². The molecule has 0 radical (unpaired) electrons. The number of hydrogen-bond acceptors (Lipinski definition) is 6. The minimum atomic E-state index is -4.78. The highest BCUT2D eigenvalue weighted by molar-refractivity contribution is 7.46. The Hall–Kier alpha value is -2.25. The van der Waals surface area contributed by atoms with Crippen molar-refractivity contribution in [2.45, 2.75) is 232 Å². The third-order valence-electron chi connectivity index (χ3n) is 10.3. The summed E-state index contributed by atoms with van der Waals surface area (Å²) < 4.78 is 26.4. The Bertz CT molecular complexity index is 1140. The van der Waals surface area contributed by atoms with Gasteiger partial charge >= 0.3 is 19.8 Å². The van der Waals surface area contributed by atoms with Crippen molar-refractivity contribution in [3.05, 3.63) is 60.8 Å². The molecule has 0 aromatic rings. The van der Waals surface area contributed by atoms with Crippen molar-refractivity contribution in [3.8, 4) is 0 Å². The van der Waals surface area contributed by atoms with E-state index < -0.39 is 32.5 Å². The average molecular weight is 849 g/mol. The largest absolute Gasteiger partial charge is 0.469 e. The third kappa shape index (κ3) is 48.3. The van der Waals surface area contributed by atoms with Crippen LogP contribution < -0.4 is 0 Å². The molecule has 0 aliphatic rings. The molecule has 2 N–H and O–H groups in total. The van der Waals surface area contributed by atoms with E-state index in [1.165, 1.54) is 148 Å². The topological polar surface area (TPSA) is 119 Å². The lowest BCUT2D eigenvalue weighted by molar-refractivity contribution is -0.161. The van der Waals surface area contributed by atoms with Gasteiger partial charge in [-0.2, -0.15) is 0 Å². The number of ether oxygens (including phenoxy) is 2. The quantitative estimate of drug-likeness (QED) is 0.0269. The zero-order valence-electron chi connectivity index (χ0n) is 37.9. The van der Waals surface area contributed by atoms with Crippen LogP contribution in [-0.2, 0) is 28.2 Å². The molecule has 0 aliphatic heterocycles. The number of unbranched alkanes of at least 4 members (excludes halogenated alkanes) is 24. The highest BCUT2D eigenvalue weighted by Crippen LogP contribution is 2.36. The smallest absolute Gasteiger partial charge is 0.462 e. The van der Waals surface area contributed by atoms with Crippen LogP contribution in [0.2, 0.25) is 0 Å². The van der Waals surface area contributed by atoms with Crippen LogP contribution in [0.4, 0.5) is 0 Å². The second-order valence-corrected chi connectivity index (χ2v) is 17.3. The first kappa shape index (κ1) is 56.8. The lowest BCUT2D eigenvalue weighted by Crippen LogP contribution is -2.29. The predicted octanol–water partition coefficient (Wildman–Crippen LogP) is 15.2. The summed E-state index contributed by atoms with van der Waals surface area (Å²) in [5.41, 5.74) is 0. The van der Waals surface area contributed by atoms with Crippen LogP contribution in [0.5, 0.6) is 0 Å². The Morgan fingerprint density at radius 1 is 0.441 bits per heavy atom. The normalized spacial score (nSPS) is 12.9. The summed E-state index contributed by atoms with van der Waals surface area (Å²) >= 11 is 0. The summed E-state index contributed by atoms with van der Waals surface area (Å²) in [5, 5.41) is 0. The van der Waals surface area contributed by atoms with Crippen molar-refractivity contribution in [2.24, 2.45) is 0 Å². The fourth-order valence-corrected chi connectivity index (χ4v) is 7.07. The third-order valence-corrected chi connectivity index (χ3v) is 10.8. The number of esters is 2. The van der Waals surface area contributed by atoms with Crippen LogP contribution in [0, 0.1) is 0 Å². The standard InChI is InChI=1S/C50H89O8P/c1-3-5-7-9-11-13-15-17-19-21-23-24-25-27-28-30-32-34-36-38-40-42-44-49(51)56-46-48(47-57-59(53,54)55)58-50(52)45-43-41-39-37-35-33-31-29-26-22-20-18-16-14-12-10-8-6-4-2/h12,14,18,20,26,29,33,35,39,41,48H,3-11,13,15-17,19,21-25,27-28,30-32,34,36-38,40,42-47H2,1-2H3,(H2,53,54,55)/b14-12+,20-18+,29-26+,35-33+,41-39+/t48-/m1/s1. The van der Waals surface area contributed by atoms with Gasteiger partial charge in [-0.15, -0.1) is 0 Å². The molecule has 0 amide bonds. The monoisotopic (exact) mass is 849 g/mol. The van der Waals surface area contributed by atoms with Crippen LogP contribution in [0.25, 0.3) is 0 Å². The average Bonchev–Trinajstić information content (AvgIpc) is 3.21. The Labute approximate surface area is 362 Å². The molecule has 0 aromatic carbocycles. The van der Waals surface area contributed by atoms with Crippen molar-refractivity contribution < 1.29 is 37.9 Å². The molecule has 0 bridgehead atoms. The van der Waals surface area contributed by atoms with Gasteiger partial charge in [-0.3, -0.25) is 14.1 Å². The van der Waals surface area contributed by atoms with Gasteiger partial charge in [0.15, 0.2) is 6.10 Å². The number of carbonyl (C=O) groups excluding carboxylic acids is 2. The molecule has 8 nitrogen and oxygen atoms in total. The lowest BCUT2D eigenvalue weighted by Gasteiger charge is -2.18. The molecule has 0 saturated heterocycles. The number of phosphoric ester groups is 1. The van der Waals surface area contributed by atoms with Crippen molar-refractivity contribution in [3.63, 3.8) is 0 Å². The van der Waals surface area contributed by atoms with Crippen molar-refractivity contribution in [1.82, 2.24) is 0 Å². The molecule has 59 heavy (non-hydrogen) atoms. The first-order valence-electron chi connectivity index (χ1n) is 24.1. The summed E-state index contributed by atoms with van der Waals surface area (Å²) in [6, 6.07) is 0. The Morgan fingerprint density at radius 2 is 0.797 bits per heavy atom. The molecule has 1 atom stereocenters. The molecular formula is C50H89O8P. The molecule has 0 fully saturated rings. The van der Waals surface area contributed by atoms with Crippen molar-refractivity contribution in [2.75, 3.05) is 13.2 Å². The van der Waals surface area contributed by atoms with Gasteiger partial charge in [-0.05, 0) is 51.4 Å². The van der Waals surface area contributed by atoms with Gasteiger partial charge in [-0.25, -0.2) is 4.57 Å². The molecule has 342 valence electrons. The number of hydrogen-bond donors (Lipinski definition) is 2. The van der Waals surface area contributed by atoms with E-state index in [1.54, 1.807) is 0 Å². The maximum absolute atomic E-state index is 12.4. The van der Waals surface area contributed by atoms with Crippen LogP contribution in [0.1, 0.15) is 226 Å². The Kier molecular flexibility index (Phi) is 43.6. The molecule has 0 heterocycles. The lowest BCUT2D eigenvalue weighted by atomic mass is 10.0. The van der Waals surface area contributed by atoms with Crippen molar-refractivity contribution >= 4 is 19.8 Å². The van der Waals surface area contributed by atoms with E-state index in [9.17, 15) is 14.2 Å². The van der Waals surface area contributed by atoms with Crippen LogP contribution in [0.3, 0.4) is 0 Å². The minimum Gasteiger partial charge on any atom is -0.462 e. The molecule has 0 aliphatic carbocycles. The number of allylic oxidation sites excluding steroid dienone is 10. The SMILES string of the molecule is CCCCC/C=C/C/C=C/C/C=C/C/C=C/C/C=C/CCC(=O)O[C@H](COC(=O)CCCCCCCCCCCCCCCCCCCCCCCC)COP(=O)(O)O. The van der Waals surface area contributed by atoms with E-state index in [4.69, 9.17) is 19.3 Å². The van der Waals surface area contributed by atoms with Crippen molar-refractivity contribution in [1.29, 1.82) is 0 Å². The van der Waals surface area contributed by atoms with Crippen LogP contribution >= 0.6 is 7.82 Å². The van der Waals surface area contributed by atoms with Gasteiger partial charge < -0.3 is 19.3 Å². The van der Waals surface area contributed by atoms with E-state index in [0.717, 1.165) is 38.5 Å². The number of carbonyl (C=O) groups is 2. The summed E-state index contributed by atoms with van der Waals surface area (Å²) in [6.45, 7) is 3.62. The first-order valence-corrected chi connectivity index (χ1v) is 25.6. The van der Waals surface area contributed by atoms with E-state index in [1.807, 2.05) is 12.2 Å². The summed E-state index contributed by atoms with van der Waals surface area (Å²) in [5.74, 6) is -0.975. The molecular weight excluding hydrogens is 760 g/mol. The van der Waals surface area contributed by atoms with Gasteiger partial charge in [-0.1, -0.05) is 222 Å². The van der Waals surface area contributed by atoms with Gasteiger partial charge in [0.25, 0.3) is 0 Å². The fraction of sp³-hybridized carbons (Fsp3) is 0.760. The molecule has 0 saturated carbocycles. The molecule has 9 heteroatoms. The van der Waals surface area contributed by atoms with Gasteiger partial charge in [0.2, 0.25) is 0 Å². The van der Waals surface area contributed by atoms with E-state index in [2.05, 4.69) is 67.0 Å². The summed E-state index contributed by atoms with van der Waals surface area (Å²) in [4.78, 5) is 43.0. The maximum atomic E-state index is 12.4.